The van der Waals surface area contributed by atoms with Crippen LogP contribution in [-0.4, -0.2) is 49.1 Å². The molecule has 5 heteroatoms. The zero-order valence-corrected chi connectivity index (χ0v) is 8.67. The number of urea groups is 1. The topological polar surface area (TPSA) is 35.6 Å². The summed E-state index contributed by atoms with van der Waals surface area (Å²) >= 11 is 1.87. The van der Waals surface area contributed by atoms with E-state index in [1.165, 1.54) is 0 Å². The average molecular weight is 269 g/mol. The van der Waals surface area contributed by atoms with Gasteiger partial charge in [-0.25, -0.2) is 4.79 Å². The van der Waals surface area contributed by atoms with Gasteiger partial charge in [-0.05, 0) is 7.05 Å². The summed E-state index contributed by atoms with van der Waals surface area (Å²) in [6.07, 6.45) is 0. The number of hydrogen-bond donors (Lipinski definition) is 1. The molecule has 0 unspecified atom stereocenters. The maximum atomic E-state index is 11.1. The SMILES string of the molecule is CN1CCN(C(=O)NI)CC1. The van der Waals surface area contributed by atoms with Crippen LogP contribution < -0.4 is 3.53 Å². The standard InChI is InChI=1S/C6H12IN3O/c1-9-2-4-10(5-3-9)6(11)8-7/h2-5H2,1H3,(H,8,11). The van der Waals surface area contributed by atoms with E-state index in [-0.39, 0.29) is 6.03 Å². The number of piperazine rings is 1. The molecule has 0 aromatic carbocycles. The summed E-state index contributed by atoms with van der Waals surface area (Å²) in [4.78, 5) is 15.1. The quantitative estimate of drug-likeness (QED) is 0.507. The third kappa shape index (κ3) is 2.48. The summed E-state index contributed by atoms with van der Waals surface area (Å²) in [6, 6.07) is 0.0266. The molecule has 0 aromatic rings. The van der Waals surface area contributed by atoms with E-state index >= 15 is 0 Å². The van der Waals surface area contributed by atoms with Crippen molar-refractivity contribution in [1.82, 2.24) is 13.3 Å². The zero-order chi connectivity index (χ0) is 8.27. The Morgan fingerprint density at radius 3 is 2.36 bits per heavy atom. The summed E-state index contributed by atoms with van der Waals surface area (Å²) < 4.78 is 2.59. The number of nitrogens with zero attached hydrogens (tertiary/aromatic N) is 2. The van der Waals surface area contributed by atoms with Crippen LogP contribution in [0.4, 0.5) is 4.79 Å². The molecule has 0 radical (unpaired) electrons. The molecule has 0 saturated carbocycles. The van der Waals surface area contributed by atoms with Crippen LogP contribution in [0.1, 0.15) is 0 Å². The first-order valence-electron chi connectivity index (χ1n) is 3.58. The van der Waals surface area contributed by atoms with Crippen molar-refractivity contribution in [3.05, 3.63) is 0 Å². The molecule has 64 valence electrons. The Morgan fingerprint density at radius 1 is 1.36 bits per heavy atom. The predicted molar refractivity (Wildman–Crippen MR) is 51.6 cm³/mol. The van der Waals surface area contributed by atoms with Gasteiger partial charge in [0.25, 0.3) is 0 Å². The van der Waals surface area contributed by atoms with Crippen molar-refractivity contribution in [2.45, 2.75) is 0 Å². The number of carbonyl (C=O) groups excluding carboxylic acids is 1. The molecule has 0 bridgehead atoms. The highest BCUT2D eigenvalue weighted by molar-refractivity contribution is 14.1. The first-order chi connectivity index (χ1) is 5.24. The molecule has 4 nitrogen and oxygen atoms in total. The van der Waals surface area contributed by atoms with Crippen LogP contribution in [0.25, 0.3) is 0 Å². The van der Waals surface area contributed by atoms with E-state index in [0.29, 0.717) is 0 Å². The van der Waals surface area contributed by atoms with Gasteiger partial charge in [0.1, 0.15) is 0 Å². The van der Waals surface area contributed by atoms with E-state index in [4.69, 9.17) is 0 Å². The van der Waals surface area contributed by atoms with Gasteiger partial charge in [0.05, 0.1) is 22.9 Å². The number of rotatable bonds is 0. The average Bonchev–Trinajstić information content (AvgIpc) is 2.05. The summed E-state index contributed by atoms with van der Waals surface area (Å²) in [5.41, 5.74) is 0. The van der Waals surface area contributed by atoms with Crippen molar-refractivity contribution in [3.63, 3.8) is 0 Å². The van der Waals surface area contributed by atoms with Crippen LogP contribution in [0.5, 0.6) is 0 Å². The molecule has 0 spiro atoms. The van der Waals surface area contributed by atoms with Crippen LogP contribution >= 0.6 is 22.9 Å². The van der Waals surface area contributed by atoms with Crippen molar-refractivity contribution >= 4 is 28.9 Å². The molecule has 1 rings (SSSR count). The van der Waals surface area contributed by atoms with Gasteiger partial charge in [0.2, 0.25) is 0 Å². The third-order valence-corrected chi connectivity index (χ3v) is 2.33. The van der Waals surface area contributed by atoms with Gasteiger partial charge in [-0.1, -0.05) is 0 Å². The number of likely N-dealkylation sites (N-methyl/N-ethyl adjacent to an activating group) is 1. The van der Waals surface area contributed by atoms with Gasteiger partial charge in [-0.2, -0.15) is 0 Å². The minimum absolute atomic E-state index is 0.0266. The second kappa shape index (κ2) is 4.10. The Bertz CT molecular complexity index is 145. The fourth-order valence-corrected chi connectivity index (χ4v) is 1.41. The van der Waals surface area contributed by atoms with Gasteiger partial charge in [0, 0.05) is 26.2 Å². The van der Waals surface area contributed by atoms with Crippen LogP contribution in [0, 0.1) is 0 Å². The molecule has 11 heavy (non-hydrogen) atoms. The van der Waals surface area contributed by atoms with Gasteiger partial charge in [-0.15, -0.1) is 0 Å². The molecule has 1 aliphatic heterocycles. The fraction of sp³-hybridized carbons (Fsp3) is 0.833. The van der Waals surface area contributed by atoms with Gasteiger partial charge < -0.3 is 9.80 Å². The largest absolute Gasteiger partial charge is 0.326 e. The summed E-state index contributed by atoms with van der Waals surface area (Å²) in [5.74, 6) is 0. The lowest BCUT2D eigenvalue weighted by Gasteiger charge is -2.31. The monoisotopic (exact) mass is 269 g/mol. The van der Waals surface area contributed by atoms with E-state index in [9.17, 15) is 4.79 Å². The van der Waals surface area contributed by atoms with E-state index in [1.54, 1.807) is 0 Å². The first kappa shape index (κ1) is 9.05. The van der Waals surface area contributed by atoms with Crippen molar-refractivity contribution in [2.75, 3.05) is 33.2 Å². The molecule has 1 saturated heterocycles. The van der Waals surface area contributed by atoms with E-state index in [1.807, 2.05) is 27.8 Å². The molecule has 1 N–H and O–H groups in total. The predicted octanol–water partition coefficient (Wildman–Crippen LogP) is 0.293. The van der Waals surface area contributed by atoms with E-state index < -0.39 is 0 Å². The minimum atomic E-state index is 0.0266. The van der Waals surface area contributed by atoms with E-state index in [0.717, 1.165) is 26.2 Å². The maximum absolute atomic E-state index is 11.1. The number of carbonyl (C=O) groups is 1. The number of hydrogen-bond acceptors (Lipinski definition) is 2. The van der Waals surface area contributed by atoms with Crippen molar-refractivity contribution in [1.29, 1.82) is 0 Å². The zero-order valence-electron chi connectivity index (χ0n) is 6.51. The first-order valence-corrected chi connectivity index (χ1v) is 4.66. The fourth-order valence-electron chi connectivity index (χ4n) is 1.07. The smallest absolute Gasteiger partial charge is 0.322 e. The lowest BCUT2D eigenvalue weighted by molar-refractivity contribution is 0.160. The molecule has 0 atom stereocenters. The number of nitrogens with one attached hydrogen (secondary N) is 1. The number of amides is 2. The Hall–Kier alpha value is -0.0400. The van der Waals surface area contributed by atoms with Crippen LogP contribution in [-0.2, 0) is 0 Å². The van der Waals surface area contributed by atoms with Gasteiger partial charge in [-0.3, -0.25) is 3.53 Å². The summed E-state index contributed by atoms with van der Waals surface area (Å²) in [6.45, 7) is 3.63. The maximum Gasteiger partial charge on any atom is 0.326 e. The highest BCUT2D eigenvalue weighted by Gasteiger charge is 2.17. The van der Waals surface area contributed by atoms with Crippen molar-refractivity contribution < 1.29 is 4.79 Å². The molecule has 1 fully saturated rings. The van der Waals surface area contributed by atoms with Crippen molar-refractivity contribution in [2.24, 2.45) is 0 Å². The highest BCUT2D eigenvalue weighted by atomic mass is 127. The van der Waals surface area contributed by atoms with Crippen LogP contribution in [0.2, 0.25) is 0 Å². The second-order valence-corrected chi connectivity index (χ2v) is 3.23. The normalized spacial score (nSPS) is 20.0. The lowest BCUT2D eigenvalue weighted by Crippen LogP contribution is -2.48. The molecule has 0 aromatic heterocycles. The second-order valence-electron chi connectivity index (χ2n) is 2.69. The Labute approximate surface area is 80.4 Å². The molecular weight excluding hydrogens is 257 g/mol. The van der Waals surface area contributed by atoms with Crippen LogP contribution in [0.3, 0.4) is 0 Å². The van der Waals surface area contributed by atoms with Crippen LogP contribution in [0.15, 0.2) is 0 Å². The Balaban J connectivity index is 2.33. The Morgan fingerprint density at radius 2 is 1.91 bits per heavy atom. The molecular formula is C6H12IN3O. The van der Waals surface area contributed by atoms with E-state index in [2.05, 4.69) is 15.5 Å². The molecule has 0 aliphatic carbocycles. The minimum Gasteiger partial charge on any atom is -0.322 e. The third-order valence-electron chi connectivity index (χ3n) is 1.87. The van der Waals surface area contributed by atoms with Crippen molar-refractivity contribution in [3.8, 4) is 0 Å². The summed E-state index contributed by atoms with van der Waals surface area (Å²) in [5, 5.41) is 0. The Kier molecular flexibility index (Phi) is 3.38. The highest BCUT2D eigenvalue weighted by Crippen LogP contribution is 1.99. The lowest BCUT2D eigenvalue weighted by atomic mass is 10.3. The van der Waals surface area contributed by atoms with Gasteiger partial charge >= 0.3 is 6.03 Å². The number of halogens is 1. The van der Waals surface area contributed by atoms with Gasteiger partial charge in [0.15, 0.2) is 0 Å². The molecule has 1 aliphatic rings. The molecule has 1 heterocycles. The summed E-state index contributed by atoms with van der Waals surface area (Å²) in [7, 11) is 2.07. The molecule has 2 amide bonds.